The first-order chi connectivity index (χ1) is 12.1. The van der Waals surface area contributed by atoms with Crippen molar-refractivity contribution in [3.05, 3.63) is 35.1 Å². The molecule has 0 saturated carbocycles. The summed E-state index contributed by atoms with van der Waals surface area (Å²) in [6.45, 7) is 0.619. The summed E-state index contributed by atoms with van der Waals surface area (Å²) in [7, 11) is 0. The molecule has 1 aromatic carbocycles. The van der Waals surface area contributed by atoms with E-state index in [0.29, 0.717) is 29.2 Å². The first-order valence-electron chi connectivity index (χ1n) is 8.12. The molecule has 1 amide bonds. The van der Waals surface area contributed by atoms with Gasteiger partial charge in [0.25, 0.3) is 5.91 Å². The number of carboxylic acid groups (broad SMARTS) is 1. The fourth-order valence-electron chi connectivity index (χ4n) is 3.11. The molecule has 0 unspecified atom stereocenters. The van der Waals surface area contributed by atoms with Crippen LogP contribution in [0.1, 0.15) is 42.5 Å². The topological polar surface area (TPSA) is 101 Å². The number of hydrogen-bond acceptors (Lipinski definition) is 5. The van der Waals surface area contributed by atoms with Crippen LogP contribution in [0.15, 0.2) is 24.5 Å². The summed E-state index contributed by atoms with van der Waals surface area (Å²) < 4.78 is 1.46. The van der Waals surface area contributed by atoms with Crippen molar-refractivity contribution >= 4 is 23.5 Å². The summed E-state index contributed by atoms with van der Waals surface area (Å²) in [5.74, 6) is -1.01. The van der Waals surface area contributed by atoms with E-state index in [1.807, 2.05) is 0 Å². The maximum atomic E-state index is 12.9. The van der Waals surface area contributed by atoms with Crippen LogP contribution < -0.4 is 0 Å². The third-order valence-electron chi connectivity index (χ3n) is 4.38. The smallest absolute Gasteiger partial charge is 0.303 e. The van der Waals surface area contributed by atoms with E-state index in [-0.39, 0.29) is 18.4 Å². The number of carbonyl (C=O) groups is 2. The molecule has 0 bridgehead atoms. The van der Waals surface area contributed by atoms with Crippen LogP contribution in [-0.4, -0.2) is 54.7 Å². The highest BCUT2D eigenvalue weighted by molar-refractivity contribution is 6.34. The minimum atomic E-state index is -0.846. The minimum Gasteiger partial charge on any atom is -0.481 e. The molecule has 8 nitrogen and oxygen atoms in total. The van der Waals surface area contributed by atoms with Gasteiger partial charge in [-0.2, -0.15) is 0 Å². The maximum absolute atomic E-state index is 12.9. The number of carbonyl (C=O) groups excluding carboxylic acids is 1. The lowest BCUT2D eigenvalue weighted by atomic mass is 9.97. The van der Waals surface area contributed by atoms with Crippen LogP contribution in [0.3, 0.4) is 0 Å². The number of likely N-dealkylation sites (tertiary alicyclic amines) is 1. The van der Waals surface area contributed by atoms with Crippen molar-refractivity contribution in [3.63, 3.8) is 0 Å². The van der Waals surface area contributed by atoms with E-state index in [4.69, 9.17) is 16.7 Å². The lowest BCUT2D eigenvalue weighted by Gasteiger charge is -2.36. The quantitative estimate of drug-likeness (QED) is 0.873. The lowest BCUT2D eigenvalue weighted by molar-refractivity contribution is -0.137. The first-order valence-corrected chi connectivity index (χ1v) is 8.49. The maximum Gasteiger partial charge on any atom is 0.303 e. The standard InChI is InChI=1S/C16H18ClN5O3/c17-14-9-12(22-10-18-19-20-22)4-6-13(14)16(25)21-8-2-1-3-11(21)5-7-15(23)24/h4,6,9-11H,1-3,5,7-8H2,(H,23,24)/t11-/m1/s1. The van der Waals surface area contributed by atoms with Gasteiger partial charge in [-0.05, 0) is 54.3 Å². The van der Waals surface area contributed by atoms with E-state index >= 15 is 0 Å². The predicted octanol–water partition coefficient (Wildman–Crippen LogP) is 2.18. The summed E-state index contributed by atoms with van der Waals surface area (Å²) in [6, 6.07) is 4.96. The highest BCUT2D eigenvalue weighted by Crippen LogP contribution is 2.27. The van der Waals surface area contributed by atoms with Crippen molar-refractivity contribution in [1.82, 2.24) is 25.1 Å². The van der Waals surface area contributed by atoms with E-state index in [0.717, 1.165) is 19.3 Å². The number of aromatic nitrogens is 4. The second kappa shape index (κ2) is 7.60. The number of piperidine rings is 1. The second-order valence-electron chi connectivity index (χ2n) is 6.00. The zero-order chi connectivity index (χ0) is 17.8. The highest BCUT2D eigenvalue weighted by Gasteiger charge is 2.29. The van der Waals surface area contributed by atoms with Crippen LogP contribution in [0.5, 0.6) is 0 Å². The van der Waals surface area contributed by atoms with Gasteiger partial charge in [-0.3, -0.25) is 9.59 Å². The summed E-state index contributed by atoms with van der Waals surface area (Å²) in [5, 5.41) is 20.2. The Morgan fingerprint density at radius 2 is 2.16 bits per heavy atom. The fourth-order valence-corrected chi connectivity index (χ4v) is 3.37. The SMILES string of the molecule is O=C(O)CC[C@H]1CCCCN1C(=O)c1ccc(-n2cnnn2)cc1Cl. The number of nitrogens with zero attached hydrogens (tertiary/aromatic N) is 5. The van der Waals surface area contributed by atoms with Crippen molar-refractivity contribution in [2.75, 3.05) is 6.54 Å². The Morgan fingerprint density at radius 3 is 2.84 bits per heavy atom. The van der Waals surface area contributed by atoms with Crippen LogP contribution in [0.25, 0.3) is 5.69 Å². The largest absolute Gasteiger partial charge is 0.481 e. The summed E-state index contributed by atoms with van der Waals surface area (Å²) in [4.78, 5) is 25.5. The highest BCUT2D eigenvalue weighted by atomic mass is 35.5. The molecule has 1 saturated heterocycles. The number of tetrazole rings is 1. The van der Waals surface area contributed by atoms with Crippen molar-refractivity contribution in [2.45, 2.75) is 38.1 Å². The Hall–Kier alpha value is -2.48. The summed E-state index contributed by atoms with van der Waals surface area (Å²) in [6.07, 6.45) is 4.69. The van der Waals surface area contributed by atoms with Gasteiger partial charge in [-0.15, -0.1) is 5.10 Å². The molecule has 1 atom stereocenters. The Kier molecular flexibility index (Phi) is 5.28. The Morgan fingerprint density at radius 1 is 1.32 bits per heavy atom. The zero-order valence-electron chi connectivity index (χ0n) is 13.5. The number of amides is 1. The molecule has 25 heavy (non-hydrogen) atoms. The molecule has 1 aliphatic rings. The third-order valence-corrected chi connectivity index (χ3v) is 4.69. The molecule has 1 aliphatic heterocycles. The minimum absolute atomic E-state index is 0.0560. The fraction of sp³-hybridized carbons (Fsp3) is 0.438. The predicted molar refractivity (Wildman–Crippen MR) is 89.7 cm³/mol. The average molecular weight is 364 g/mol. The number of rotatable bonds is 5. The first kappa shape index (κ1) is 17.3. The van der Waals surface area contributed by atoms with Crippen molar-refractivity contribution in [1.29, 1.82) is 0 Å². The molecule has 1 aromatic heterocycles. The number of hydrogen-bond donors (Lipinski definition) is 1. The molecular weight excluding hydrogens is 346 g/mol. The summed E-state index contributed by atoms with van der Waals surface area (Å²) >= 11 is 6.31. The van der Waals surface area contributed by atoms with Gasteiger partial charge in [-0.1, -0.05) is 11.6 Å². The zero-order valence-corrected chi connectivity index (χ0v) is 14.3. The van der Waals surface area contributed by atoms with Crippen LogP contribution >= 0.6 is 11.6 Å². The van der Waals surface area contributed by atoms with E-state index in [2.05, 4.69) is 15.5 Å². The number of benzene rings is 1. The Labute approximate surface area is 149 Å². The Bertz CT molecular complexity index is 765. The van der Waals surface area contributed by atoms with Gasteiger partial charge in [0, 0.05) is 19.0 Å². The van der Waals surface area contributed by atoms with Crippen molar-refractivity contribution in [2.24, 2.45) is 0 Å². The van der Waals surface area contributed by atoms with Gasteiger partial charge in [0.05, 0.1) is 16.3 Å². The van der Waals surface area contributed by atoms with Gasteiger partial charge in [0.1, 0.15) is 6.33 Å². The Balaban J connectivity index is 1.79. The molecule has 1 fully saturated rings. The number of aliphatic carboxylic acids is 1. The number of carboxylic acids is 1. The molecule has 9 heteroatoms. The van der Waals surface area contributed by atoms with E-state index in [9.17, 15) is 9.59 Å². The van der Waals surface area contributed by atoms with Crippen molar-refractivity contribution < 1.29 is 14.7 Å². The van der Waals surface area contributed by atoms with Crippen molar-refractivity contribution in [3.8, 4) is 5.69 Å². The average Bonchev–Trinajstić information content (AvgIpc) is 3.14. The van der Waals surface area contributed by atoms with Crippen LogP contribution in [-0.2, 0) is 4.79 Å². The van der Waals surface area contributed by atoms with Gasteiger partial charge in [-0.25, -0.2) is 4.68 Å². The summed E-state index contributed by atoms with van der Waals surface area (Å²) in [5.41, 5.74) is 1.06. The van der Waals surface area contributed by atoms with E-state index in [1.54, 1.807) is 23.1 Å². The number of halogens is 1. The molecule has 1 N–H and O–H groups in total. The third kappa shape index (κ3) is 3.96. The van der Waals surface area contributed by atoms with E-state index in [1.165, 1.54) is 11.0 Å². The second-order valence-corrected chi connectivity index (χ2v) is 6.41. The van der Waals surface area contributed by atoms with Crippen LogP contribution in [0, 0.1) is 0 Å². The normalized spacial score (nSPS) is 17.5. The molecule has 0 aliphatic carbocycles. The molecule has 132 valence electrons. The molecule has 2 heterocycles. The van der Waals surface area contributed by atoms with Gasteiger partial charge in [0.2, 0.25) is 0 Å². The van der Waals surface area contributed by atoms with Crippen LogP contribution in [0.4, 0.5) is 0 Å². The van der Waals surface area contributed by atoms with E-state index < -0.39 is 5.97 Å². The van der Waals surface area contributed by atoms with Crippen LogP contribution in [0.2, 0.25) is 5.02 Å². The van der Waals surface area contributed by atoms with Gasteiger partial charge < -0.3 is 10.0 Å². The molecule has 0 radical (unpaired) electrons. The van der Waals surface area contributed by atoms with Gasteiger partial charge in [0.15, 0.2) is 0 Å². The molecule has 2 aromatic rings. The monoisotopic (exact) mass is 363 g/mol. The molecule has 0 spiro atoms. The lowest BCUT2D eigenvalue weighted by Crippen LogP contribution is -2.44. The molecule has 3 rings (SSSR count). The molecular formula is C16H18ClN5O3. The van der Waals surface area contributed by atoms with Gasteiger partial charge >= 0.3 is 5.97 Å².